The van der Waals surface area contributed by atoms with Crippen LogP contribution in [-0.2, 0) is 4.79 Å². The molecule has 0 aromatic carbocycles. The van der Waals surface area contributed by atoms with Crippen LogP contribution in [0.2, 0.25) is 0 Å². The maximum absolute atomic E-state index is 12.4. The smallest absolute Gasteiger partial charge is 0.261 e. The zero-order valence-electron chi connectivity index (χ0n) is 16.0. The van der Waals surface area contributed by atoms with Gasteiger partial charge in [0.05, 0.1) is 26.1 Å². The van der Waals surface area contributed by atoms with Gasteiger partial charge in [-0.25, -0.2) is 4.79 Å². The Bertz CT molecular complexity index is 250. The first-order valence-electron chi connectivity index (χ1n) is 10.1. The Kier molecular flexibility index (Phi) is 14.0. The molecule has 0 unspecified atom stereocenters. The van der Waals surface area contributed by atoms with Gasteiger partial charge in [-0.2, -0.15) is 0 Å². The summed E-state index contributed by atoms with van der Waals surface area (Å²) in [5.74, 6) is 0.462. The highest BCUT2D eigenvalue weighted by atomic mass is 16.2. The number of hydrogen-bond acceptors (Lipinski definition) is 1. The Morgan fingerprint density at radius 2 is 0.955 bits per heavy atom. The maximum Gasteiger partial charge on any atom is 0.313 e. The van der Waals surface area contributed by atoms with Crippen molar-refractivity contribution in [3.8, 4) is 0 Å². The molecule has 22 heavy (non-hydrogen) atoms. The van der Waals surface area contributed by atoms with Gasteiger partial charge in [0.1, 0.15) is 0 Å². The van der Waals surface area contributed by atoms with Crippen molar-refractivity contribution in [2.45, 2.75) is 105 Å². The number of amides is 1. The van der Waals surface area contributed by atoms with E-state index >= 15 is 0 Å². The van der Waals surface area contributed by atoms with Crippen molar-refractivity contribution in [1.82, 2.24) is 0 Å². The molecule has 0 aromatic heterocycles. The van der Waals surface area contributed by atoms with Gasteiger partial charge in [-0.05, 0) is 27.2 Å². The molecule has 0 bridgehead atoms. The standard InChI is InChI=1S/C20H42NO/c1-5-9-10-11-12-13-14-15-16-17-18-19-20(22)21(6-2,7-3)8-4/h5-19H2,1-4H3/q+1. The van der Waals surface area contributed by atoms with Gasteiger partial charge in [0.2, 0.25) is 0 Å². The summed E-state index contributed by atoms with van der Waals surface area (Å²) in [6.07, 6.45) is 15.6. The van der Waals surface area contributed by atoms with Crippen LogP contribution in [0.5, 0.6) is 0 Å². The van der Waals surface area contributed by atoms with E-state index in [1.807, 2.05) is 0 Å². The van der Waals surface area contributed by atoms with Crippen LogP contribution in [0.15, 0.2) is 0 Å². The van der Waals surface area contributed by atoms with E-state index in [1.165, 1.54) is 64.2 Å². The molecule has 0 fully saturated rings. The minimum absolute atomic E-state index is 0.462. The van der Waals surface area contributed by atoms with Gasteiger partial charge >= 0.3 is 5.91 Å². The van der Waals surface area contributed by atoms with Gasteiger partial charge in [-0.1, -0.05) is 71.1 Å². The number of carbonyl (C=O) groups excluding carboxylic acids is 1. The Morgan fingerprint density at radius 1 is 0.591 bits per heavy atom. The SMILES string of the molecule is CCCCCCCCCCCCCC(=O)[N+](CC)(CC)CC. The number of rotatable bonds is 15. The summed E-state index contributed by atoms with van der Waals surface area (Å²) in [6, 6.07) is 0. The Labute approximate surface area is 140 Å². The van der Waals surface area contributed by atoms with E-state index in [-0.39, 0.29) is 0 Å². The lowest BCUT2D eigenvalue weighted by Crippen LogP contribution is -2.52. The first-order valence-corrected chi connectivity index (χ1v) is 10.1. The molecule has 0 saturated carbocycles. The minimum Gasteiger partial charge on any atom is -0.261 e. The number of nitrogens with zero attached hydrogens (tertiary/aromatic N) is 1. The number of hydrogen-bond donors (Lipinski definition) is 0. The molecular weight excluding hydrogens is 270 g/mol. The van der Waals surface area contributed by atoms with Gasteiger partial charge < -0.3 is 0 Å². The topological polar surface area (TPSA) is 17.1 Å². The zero-order chi connectivity index (χ0) is 16.7. The highest BCUT2D eigenvalue weighted by Gasteiger charge is 2.29. The summed E-state index contributed by atoms with van der Waals surface area (Å²) in [4.78, 5) is 12.4. The molecule has 0 rings (SSSR count). The van der Waals surface area contributed by atoms with Gasteiger partial charge in [0.25, 0.3) is 0 Å². The molecule has 2 heteroatoms. The molecule has 132 valence electrons. The van der Waals surface area contributed by atoms with Crippen LogP contribution >= 0.6 is 0 Å². The van der Waals surface area contributed by atoms with E-state index in [9.17, 15) is 4.79 Å². The average Bonchev–Trinajstić information content (AvgIpc) is 2.55. The fraction of sp³-hybridized carbons (Fsp3) is 0.950. The van der Waals surface area contributed by atoms with Gasteiger partial charge in [-0.15, -0.1) is 0 Å². The van der Waals surface area contributed by atoms with Crippen LogP contribution in [0, 0.1) is 0 Å². The van der Waals surface area contributed by atoms with Crippen LogP contribution < -0.4 is 0 Å². The fourth-order valence-electron chi connectivity index (χ4n) is 3.38. The average molecular weight is 313 g/mol. The largest absolute Gasteiger partial charge is 0.313 e. The van der Waals surface area contributed by atoms with E-state index in [2.05, 4.69) is 27.7 Å². The lowest BCUT2D eigenvalue weighted by atomic mass is 10.0. The molecule has 0 aliphatic heterocycles. The predicted octanol–water partition coefficient (Wildman–Crippen LogP) is 6.09. The molecule has 0 radical (unpaired) electrons. The molecule has 1 amide bonds. The molecule has 0 spiro atoms. The third kappa shape index (κ3) is 8.92. The molecule has 0 atom stereocenters. The quantitative estimate of drug-likeness (QED) is 0.264. The van der Waals surface area contributed by atoms with Crippen LogP contribution in [0.1, 0.15) is 105 Å². The van der Waals surface area contributed by atoms with Crippen molar-refractivity contribution >= 4 is 5.91 Å². The van der Waals surface area contributed by atoms with Crippen molar-refractivity contribution in [1.29, 1.82) is 0 Å². The highest BCUT2D eigenvalue weighted by molar-refractivity contribution is 5.68. The molecular formula is C20H42NO+. The Hall–Kier alpha value is -0.370. The Balaban J connectivity index is 3.51. The van der Waals surface area contributed by atoms with Crippen molar-refractivity contribution in [2.75, 3.05) is 19.6 Å². The van der Waals surface area contributed by atoms with E-state index in [0.29, 0.717) is 10.4 Å². The van der Waals surface area contributed by atoms with E-state index < -0.39 is 0 Å². The van der Waals surface area contributed by atoms with Gasteiger partial charge in [-0.3, -0.25) is 4.48 Å². The van der Waals surface area contributed by atoms with Crippen LogP contribution in [0.3, 0.4) is 0 Å². The monoisotopic (exact) mass is 312 g/mol. The van der Waals surface area contributed by atoms with E-state index in [4.69, 9.17) is 0 Å². The number of carbonyl (C=O) groups is 1. The van der Waals surface area contributed by atoms with Crippen molar-refractivity contribution in [2.24, 2.45) is 0 Å². The summed E-state index contributed by atoms with van der Waals surface area (Å²) in [5.41, 5.74) is 0. The molecule has 0 heterocycles. The summed E-state index contributed by atoms with van der Waals surface area (Å²) >= 11 is 0. The number of quaternary nitrogens is 1. The second-order valence-electron chi connectivity index (χ2n) is 6.77. The molecule has 0 aliphatic carbocycles. The minimum atomic E-state index is 0.462. The first kappa shape index (κ1) is 21.6. The second kappa shape index (κ2) is 14.2. The molecule has 0 saturated heterocycles. The second-order valence-corrected chi connectivity index (χ2v) is 6.77. The molecule has 0 aliphatic rings. The van der Waals surface area contributed by atoms with Crippen LogP contribution in [-0.4, -0.2) is 30.0 Å². The summed E-state index contributed by atoms with van der Waals surface area (Å²) < 4.78 is 0.678. The van der Waals surface area contributed by atoms with Gasteiger partial charge in [0.15, 0.2) is 0 Å². The zero-order valence-corrected chi connectivity index (χ0v) is 16.0. The lowest BCUT2D eigenvalue weighted by molar-refractivity contribution is -0.849. The summed E-state index contributed by atoms with van der Waals surface area (Å²) in [7, 11) is 0. The summed E-state index contributed by atoms with van der Waals surface area (Å²) in [6.45, 7) is 11.6. The number of unbranched alkanes of at least 4 members (excludes halogenated alkanes) is 10. The maximum atomic E-state index is 12.4. The van der Waals surface area contributed by atoms with Crippen LogP contribution in [0.4, 0.5) is 0 Å². The van der Waals surface area contributed by atoms with Crippen LogP contribution in [0.25, 0.3) is 0 Å². The third-order valence-electron chi connectivity index (χ3n) is 5.34. The van der Waals surface area contributed by atoms with E-state index in [0.717, 1.165) is 32.5 Å². The van der Waals surface area contributed by atoms with Gasteiger partial charge in [0, 0.05) is 0 Å². The van der Waals surface area contributed by atoms with Crippen molar-refractivity contribution < 1.29 is 9.28 Å². The summed E-state index contributed by atoms with van der Waals surface area (Å²) in [5, 5.41) is 0. The lowest BCUT2D eigenvalue weighted by Gasteiger charge is -2.32. The Morgan fingerprint density at radius 3 is 1.32 bits per heavy atom. The predicted molar refractivity (Wildman–Crippen MR) is 98.0 cm³/mol. The van der Waals surface area contributed by atoms with E-state index in [1.54, 1.807) is 0 Å². The highest BCUT2D eigenvalue weighted by Crippen LogP contribution is 2.15. The normalized spacial score (nSPS) is 11.8. The first-order chi connectivity index (χ1) is 10.7. The third-order valence-corrected chi connectivity index (χ3v) is 5.34. The molecule has 2 nitrogen and oxygen atoms in total. The molecule has 0 N–H and O–H groups in total. The van der Waals surface area contributed by atoms with Crippen molar-refractivity contribution in [3.63, 3.8) is 0 Å². The molecule has 0 aromatic rings. The van der Waals surface area contributed by atoms with Crippen molar-refractivity contribution in [3.05, 3.63) is 0 Å². The fourth-order valence-corrected chi connectivity index (χ4v) is 3.38.